The molecule has 1 saturated carbocycles. The summed E-state index contributed by atoms with van der Waals surface area (Å²) in [5, 5.41) is 4.13. The molecular formula is C19H27ClN2O3. The van der Waals surface area contributed by atoms with Crippen molar-refractivity contribution in [2.45, 2.75) is 57.7 Å². The molecule has 1 saturated heterocycles. The predicted octanol–water partition coefficient (Wildman–Crippen LogP) is 3.90. The number of rotatable bonds is 5. The molecule has 3 rings (SSSR count). The first kappa shape index (κ1) is 18.3. The van der Waals surface area contributed by atoms with Gasteiger partial charge < -0.3 is 14.4 Å². The number of carbonyl (C=O) groups excluding carboxylic acids is 1. The van der Waals surface area contributed by atoms with Gasteiger partial charge >= 0.3 is 0 Å². The summed E-state index contributed by atoms with van der Waals surface area (Å²) in [6, 6.07) is 3.80. The molecule has 1 spiro atoms. The second-order valence-electron chi connectivity index (χ2n) is 6.75. The summed E-state index contributed by atoms with van der Waals surface area (Å²) < 4.78 is 11.1. The topological polar surface area (TPSA) is 50.8 Å². The third-order valence-electron chi connectivity index (χ3n) is 5.30. The Kier molecular flexibility index (Phi) is 5.44. The molecule has 0 bridgehead atoms. The molecule has 1 N–H and O–H groups in total. The number of likely N-dealkylation sites (N-methyl/N-ethyl adjacent to an activating group) is 1. The summed E-state index contributed by atoms with van der Waals surface area (Å²) >= 11 is 6.44. The van der Waals surface area contributed by atoms with E-state index in [1.54, 1.807) is 7.11 Å². The Labute approximate surface area is 154 Å². The minimum atomic E-state index is -0.419. The zero-order chi connectivity index (χ0) is 18.0. The molecule has 0 aromatic heterocycles. The van der Waals surface area contributed by atoms with Crippen molar-refractivity contribution < 1.29 is 14.3 Å². The van der Waals surface area contributed by atoms with E-state index in [4.69, 9.17) is 21.1 Å². The van der Waals surface area contributed by atoms with Gasteiger partial charge in [0.25, 0.3) is 0 Å². The lowest BCUT2D eigenvalue weighted by molar-refractivity contribution is -0.134. The van der Waals surface area contributed by atoms with Gasteiger partial charge in [-0.25, -0.2) is 0 Å². The van der Waals surface area contributed by atoms with Gasteiger partial charge in [0, 0.05) is 6.54 Å². The predicted molar refractivity (Wildman–Crippen MR) is 98.3 cm³/mol. The lowest BCUT2D eigenvalue weighted by atomic mass is 9.81. The lowest BCUT2D eigenvalue weighted by Crippen LogP contribution is -2.48. The fraction of sp³-hybridized carbons (Fsp3) is 0.632. The zero-order valence-electron chi connectivity index (χ0n) is 15.2. The van der Waals surface area contributed by atoms with E-state index >= 15 is 0 Å². The van der Waals surface area contributed by atoms with Crippen molar-refractivity contribution in [3.05, 3.63) is 22.7 Å². The third-order valence-corrected chi connectivity index (χ3v) is 5.58. The van der Waals surface area contributed by atoms with Crippen molar-refractivity contribution >= 4 is 17.5 Å². The van der Waals surface area contributed by atoms with Crippen LogP contribution in [0.5, 0.6) is 11.5 Å². The highest BCUT2D eigenvalue weighted by Gasteiger charge is 2.51. The van der Waals surface area contributed by atoms with Crippen molar-refractivity contribution in [2.75, 3.05) is 20.3 Å². The van der Waals surface area contributed by atoms with Gasteiger partial charge in [-0.05, 0) is 44.4 Å². The number of hydrogen-bond acceptors (Lipinski definition) is 4. The van der Waals surface area contributed by atoms with Gasteiger partial charge in [0.15, 0.2) is 11.5 Å². The normalized spacial score (nSPS) is 22.5. The van der Waals surface area contributed by atoms with E-state index in [0.29, 0.717) is 29.7 Å². The Morgan fingerprint density at radius 3 is 2.60 bits per heavy atom. The second kappa shape index (κ2) is 7.42. The van der Waals surface area contributed by atoms with E-state index in [0.717, 1.165) is 31.2 Å². The molecule has 2 aliphatic rings. The molecule has 0 radical (unpaired) electrons. The molecular weight excluding hydrogens is 340 g/mol. The Bertz CT molecular complexity index is 644. The van der Waals surface area contributed by atoms with Gasteiger partial charge in [0.05, 0.1) is 24.3 Å². The van der Waals surface area contributed by atoms with E-state index in [1.807, 2.05) is 30.9 Å². The standard InChI is InChI=1S/C19H27ClN2O3/c1-4-22-17(21-19(18(22)23)9-7-6-8-10-19)13-11-14(20)16(25-5-2)15(12-13)24-3/h11-12,17,21H,4-10H2,1-3H3. The maximum absolute atomic E-state index is 13.1. The van der Waals surface area contributed by atoms with Gasteiger partial charge in [0.2, 0.25) is 5.91 Å². The molecule has 1 amide bonds. The van der Waals surface area contributed by atoms with Gasteiger partial charge in [0.1, 0.15) is 6.17 Å². The highest BCUT2D eigenvalue weighted by molar-refractivity contribution is 6.32. The van der Waals surface area contributed by atoms with E-state index in [9.17, 15) is 4.79 Å². The molecule has 1 aromatic carbocycles. The van der Waals surface area contributed by atoms with Crippen molar-refractivity contribution in [2.24, 2.45) is 0 Å². The van der Waals surface area contributed by atoms with Crippen LogP contribution in [0, 0.1) is 0 Å². The van der Waals surface area contributed by atoms with Crippen LogP contribution >= 0.6 is 11.6 Å². The summed E-state index contributed by atoms with van der Waals surface area (Å²) in [5.41, 5.74) is 0.514. The molecule has 1 unspecified atom stereocenters. The number of benzene rings is 1. The highest BCUT2D eigenvalue weighted by atomic mass is 35.5. The molecule has 1 aliphatic carbocycles. The van der Waals surface area contributed by atoms with E-state index in [-0.39, 0.29) is 12.1 Å². The minimum Gasteiger partial charge on any atom is -0.493 e. The maximum atomic E-state index is 13.1. The Balaban J connectivity index is 1.97. The van der Waals surface area contributed by atoms with Crippen molar-refractivity contribution in [3.63, 3.8) is 0 Å². The smallest absolute Gasteiger partial charge is 0.244 e. The molecule has 138 valence electrons. The molecule has 1 atom stereocenters. The summed E-state index contributed by atoms with van der Waals surface area (Å²) in [4.78, 5) is 15.0. The number of carbonyl (C=O) groups is 1. The number of amides is 1. The molecule has 2 fully saturated rings. The van der Waals surface area contributed by atoms with Crippen LogP contribution in [0.3, 0.4) is 0 Å². The van der Waals surface area contributed by atoms with Crippen LogP contribution < -0.4 is 14.8 Å². The monoisotopic (exact) mass is 366 g/mol. The quantitative estimate of drug-likeness (QED) is 0.858. The van der Waals surface area contributed by atoms with Crippen LogP contribution in [0.1, 0.15) is 57.7 Å². The largest absolute Gasteiger partial charge is 0.493 e. The van der Waals surface area contributed by atoms with E-state index in [2.05, 4.69) is 5.32 Å². The molecule has 5 nitrogen and oxygen atoms in total. The molecule has 25 heavy (non-hydrogen) atoms. The summed E-state index contributed by atoms with van der Waals surface area (Å²) in [6.45, 7) is 5.10. The SMILES string of the molecule is CCOc1c(Cl)cc(C2NC3(CCCCC3)C(=O)N2CC)cc1OC. The lowest BCUT2D eigenvalue weighted by Gasteiger charge is -2.31. The van der Waals surface area contributed by atoms with Crippen LogP contribution in [0.2, 0.25) is 5.02 Å². The van der Waals surface area contributed by atoms with Crippen molar-refractivity contribution in [1.82, 2.24) is 10.2 Å². The first-order valence-corrected chi connectivity index (χ1v) is 9.53. The molecule has 1 aromatic rings. The average molecular weight is 367 g/mol. The van der Waals surface area contributed by atoms with Crippen molar-refractivity contribution in [3.8, 4) is 11.5 Å². The van der Waals surface area contributed by atoms with Crippen LogP contribution in [-0.4, -0.2) is 36.6 Å². The third kappa shape index (κ3) is 3.20. The maximum Gasteiger partial charge on any atom is 0.244 e. The molecule has 1 aliphatic heterocycles. The minimum absolute atomic E-state index is 0.183. The van der Waals surface area contributed by atoms with Gasteiger partial charge in [-0.15, -0.1) is 0 Å². The van der Waals surface area contributed by atoms with Gasteiger partial charge in [-0.2, -0.15) is 0 Å². The van der Waals surface area contributed by atoms with Crippen LogP contribution in [-0.2, 0) is 4.79 Å². The van der Waals surface area contributed by atoms with E-state index < -0.39 is 5.54 Å². The first-order valence-electron chi connectivity index (χ1n) is 9.15. The number of ether oxygens (including phenoxy) is 2. The first-order chi connectivity index (χ1) is 12.1. The zero-order valence-corrected chi connectivity index (χ0v) is 16.0. The van der Waals surface area contributed by atoms with Crippen molar-refractivity contribution in [1.29, 1.82) is 0 Å². The second-order valence-corrected chi connectivity index (χ2v) is 7.16. The molecule has 1 heterocycles. The van der Waals surface area contributed by atoms with Gasteiger partial charge in [-0.3, -0.25) is 10.1 Å². The fourth-order valence-electron chi connectivity index (χ4n) is 4.08. The summed E-state index contributed by atoms with van der Waals surface area (Å²) in [5.74, 6) is 1.36. The summed E-state index contributed by atoms with van der Waals surface area (Å²) in [6.07, 6.45) is 5.02. The Hall–Kier alpha value is -1.46. The average Bonchev–Trinajstić information content (AvgIpc) is 2.89. The molecule has 6 heteroatoms. The van der Waals surface area contributed by atoms with Crippen LogP contribution in [0.4, 0.5) is 0 Å². The number of methoxy groups -OCH3 is 1. The number of halogens is 1. The highest BCUT2D eigenvalue weighted by Crippen LogP contribution is 2.43. The summed E-state index contributed by atoms with van der Waals surface area (Å²) in [7, 11) is 1.60. The number of nitrogens with zero attached hydrogens (tertiary/aromatic N) is 1. The van der Waals surface area contributed by atoms with Gasteiger partial charge in [-0.1, -0.05) is 30.9 Å². The van der Waals surface area contributed by atoms with E-state index in [1.165, 1.54) is 6.42 Å². The number of nitrogens with one attached hydrogen (secondary N) is 1. The Morgan fingerprint density at radius 2 is 2.00 bits per heavy atom. The Morgan fingerprint density at radius 1 is 1.28 bits per heavy atom. The number of hydrogen-bond donors (Lipinski definition) is 1. The fourth-order valence-corrected chi connectivity index (χ4v) is 4.35. The van der Waals surface area contributed by atoms with Crippen LogP contribution in [0.25, 0.3) is 0 Å². The van der Waals surface area contributed by atoms with Crippen LogP contribution in [0.15, 0.2) is 12.1 Å².